The van der Waals surface area contributed by atoms with Crippen molar-refractivity contribution in [2.24, 2.45) is 0 Å². The zero-order valence-electron chi connectivity index (χ0n) is 12.6. The summed E-state index contributed by atoms with van der Waals surface area (Å²) in [5.74, 6) is 0.748. The molecule has 1 saturated heterocycles. The maximum atomic E-state index is 13.4. The van der Waals surface area contributed by atoms with Gasteiger partial charge in [-0.05, 0) is 25.1 Å². The summed E-state index contributed by atoms with van der Waals surface area (Å²) in [7, 11) is 1.50. The van der Waals surface area contributed by atoms with E-state index in [1.54, 1.807) is 11.8 Å². The SMILES string of the molecule is COc1ccc(F)cc1C(C)NC(=O)CCN1CCSC1=O. The third-order valence-electron chi connectivity index (χ3n) is 3.49. The zero-order valence-corrected chi connectivity index (χ0v) is 13.4. The van der Waals surface area contributed by atoms with Gasteiger partial charge < -0.3 is 15.0 Å². The van der Waals surface area contributed by atoms with E-state index in [-0.39, 0.29) is 29.4 Å². The highest BCUT2D eigenvalue weighted by Crippen LogP contribution is 2.26. The Morgan fingerprint density at radius 1 is 1.55 bits per heavy atom. The van der Waals surface area contributed by atoms with Gasteiger partial charge in [0.25, 0.3) is 5.24 Å². The van der Waals surface area contributed by atoms with E-state index in [1.165, 1.54) is 37.1 Å². The molecule has 5 nitrogen and oxygen atoms in total. The monoisotopic (exact) mass is 326 g/mol. The van der Waals surface area contributed by atoms with Gasteiger partial charge in [-0.3, -0.25) is 9.59 Å². The van der Waals surface area contributed by atoms with Gasteiger partial charge in [-0.25, -0.2) is 4.39 Å². The highest BCUT2D eigenvalue weighted by molar-refractivity contribution is 8.13. The fourth-order valence-electron chi connectivity index (χ4n) is 2.30. The number of thioether (sulfide) groups is 1. The fraction of sp³-hybridized carbons (Fsp3) is 0.467. The van der Waals surface area contributed by atoms with Gasteiger partial charge in [-0.1, -0.05) is 11.8 Å². The van der Waals surface area contributed by atoms with Crippen LogP contribution in [0.25, 0.3) is 0 Å². The average molecular weight is 326 g/mol. The number of ether oxygens (including phenoxy) is 1. The molecular formula is C15H19FN2O3S. The van der Waals surface area contributed by atoms with E-state index in [0.717, 1.165) is 5.75 Å². The topological polar surface area (TPSA) is 58.6 Å². The summed E-state index contributed by atoms with van der Waals surface area (Å²) in [6.07, 6.45) is 0.230. The Labute approximate surface area is 133 Å². The first-order valence-corrected chi connectivity index (χ1v) is 8.04. The van der Waals surface area contributed by atoms with Crippen LogP contribution in [-0.4, -0.2) is 42.0 Å². The minimum Gasteiger partial charge on any atom is -0.496 e. The summed E-state index contributed by atoms with van der Waals surface area (Å²) in [6, 6.07) is 3.83. The van der Waals surface area contributed by atoms with Crippen LogP contribution in [0.15, 0.2) is 18.2 Å². The van der Waals surface area contributed by atoms with Crippen molar-refractivity contribution in [3.05, 3.63) is 29.6 Å². The van der Waals surface area contributed by atoms with Crippen LogP contribution in [-0.2, 0) is 4.79 Å². The van der Waals surface area contributed by atoms with Crippen molar-refractivity contribution in [1.82, 2.24) is 10.2 Å². The smallest absolute Gasteiger partial charge is 0.281 e. The maximum absolute atomic E-state index is 13.4. The molecule has 0 bridgehead atoms. The van der Waals surface area contributed by atoms with Crippen molar-refractivity contribution in [1.29, 1.82) is 0 Å². The zero-order chi connectivity index (χ0) is 16.1. The van der Waals surface area contributed by atoms with Crippen LogP contribution in [0.3, 0.4) is 0 Å². The van der Waals surface area contributed by atoms with Gasteiger partial charge in [0.05, 0.1) is 13.2 Å². The molecule has 0 radical (unpaired) electrons. The number of carbonyl (C=O) groups is 2. The van der Waals surface area contributed by atoms with Crippen molar-refractivity contribution in [3.63, 3.8) is 0 Å². The second-order valence-corrected chi connectivity index (χ2v) is 6.07. The fourth-order valence-corrected chi connectivity index (χ4v) is 3.15. The molecule has 1 fully saturated rings. The van der Waals surface area contributed by atoms with Gasteiger partial charge >= 0.3 is 0 Å². The standard InChI is InChI=1S/C15H19FN2O3S/c1-10(12-9-11(16)3-4-13(12)21-2)17-14(19)5-6-18-7-8-22-15(18)20/h3-4,9-10H,5-8H2,1-2H3,(H,17,19). The Kier molecular flexibility index (Phi) is 5.65. The average Bonchev–Trinajstić information content (AvgIpc) is 2.90. The summed E-state index contributed by atoms with van der Waals surface area (Å²) in [5, 5.41) is 2.83. The molecule has 1 aromatic carbocycles. The van der Waals surface area contributed by atoms with Gasteiger partial charge in [0.15, 0.2) is 0 Å². The third-order valence-corrected chi connectivity index (χ3v) is 4.38. The Morgan fingerprint density at radius 3 is 2.95 bits per heavy atom. The van der Waals surface area contributed by atoms with Crippen LogP contribution in [0.4, 0.5) is 9.18 Å². The lowest BCUT2D eigenvalue weighted by Gasteiger charge is -2.19. The molecule has 0 aliphatic carbocycles. The van der Waals surface area contributed by atoms with E-state index in [1.807, 2.05) is 0 Å². The first-order valence-electron chi connectivity index (χ1n) is 7.05. The Bertz CT molecular complexity index is 568. The first kappa shape index (κ1) is 16.6. The number of rotatable bonds is 6. The van der Waals surface area contributed by atoms with Crippen molar-refractivity contribution in [2.75, 3.05) is 26.0 Å². The Hall–Kier alpha value is -1.76. The van der Waals surface area contributed by atoms with E-state index in [4.69, 9.17) is 4.74 Å². The molecule has 1 aliphatic rings. The van der Waals surface area contributed by atoms with Gasteiger partial charge in [-0.2, -0.15) is 0 Å². The number of halogens is 1. The van der Waals surface area contributed by atoms with Crippen LogP contribution in [0, 0.1) is 5.82 Å². The predicted molar refractivity (Wildman–Crippen MR) is 83.6 cm³/mol. The second-order valence-electron chi connectivity index (χ2n) is 5.03. The molecule has 1 aliphatic heterocycles. The number of methoxy groups -OCH3 is 1. The Balaban J connectivity index is 1.90. The highest BCUT2D eigenvalue weighted by atomic mass is 32.2. The van der Waals surface area contributed by atoms with Gasteiger partial charge in [-0.15, -0.1) is 0 Å². The minimum atomic E-state index is -0.378. The lowest BCUT2D eigenvalue weighted by molar-refractivity contribution is -0.121. The van der Waals surface area contributed by atoms with E-state index < -0.39 is 0 Å². The van der Waals surface area contributed by atoms with E-state index in [2.05, 4.69) is 5.32 Å². The largest absolute Gasteiger partial charge is 0.496 e. The number of hydrogen-bond acceptors (Lipinski definition) is 4. The normalized spacial score (nSPS) is 15.8. The number of nitrogens with zero attached hydrogens (tertiary/aromatic N) is 1. The summed E-state index contributed by atoms with van der Waals surface area (Å²) in [5.41, 5.74) is 0.587. The van der Waals surface area contributed by atoms with Crippen LogP contribution >= 0.6 is 11.8 Å². The number of benzene rings is 1. The summed E-state index contributed by atoms with van der Waals surface area (Å²) in [6.45, 7) is 2.86. The van der Waals surface area contributed by atoms with Crippen LogP contribution in [0.2, 0.25) is 0 Å². The molecule has 1 atom stereocenters. The quantitative estimate of drug-likeness (QED) is 0.873. The predicted octanol–water partition coefficient (Wildman–Crippen LogP) is 2.57. The van der Waals surface area contributed by atoms with Gasteiger partial charge in [0, 0.05) is 30.8 Å². The van der Waals surface area contributed by atoms with Crippen LogP contribution in [0.5, 0.6) is 5.75 Å². The number of carbonyl (C=O) groups excluding carboxylic acids is 2. The molecule has 2 amide bonds. The van der Waals surface area contributed by atoms with Crippen molar-refractivity contribution >= 4 is 22.9 Å². The second kappa shape index (κ2) is 7.49. The lowest BCUT2D eigenvalue weighted by atomic mass is 10.1. The highest BCUT2D eigenvalue weighted by Gasteiger charge is 2.22. The molecule has 7 heteroatoms. The van der Waals surface area contributed by atoms with E-state index in [9.17, 15) is 14.0 Å². The number of nitrogens with one attached hydrogen (secondary N) is 1. The lowest BCUT2D eigenvalue weighted by Crippen LogP contribution is -2.32. The molecule has 2 rings (SSSR count). The number of hydrogen-bond donors (Lipinski definition) is 1. The number of amides is 2. The molecular weight excluding hydrogens is 307 g/mol. The molecule has 0 spiro atoms. The molecule has 0 saturated carbocycles. The summed E-state index contributed by atoms with van der Waals surface area (Å²) < 4.78 is 18.5. The Morgan fingerprint density at radius 2 is 2.32 bits per heavy atom. The molecule has 0 aromatic heterocycles. The van der Waals surface area contributed by atoms with Crippen LogP contribution < -0.4 is 10.1 Å². The van der Waals surface area contributed by atoms with Gasteiger partial charge in [0.2, 0.25) is 5.91 Å². The van der Waals surface area contributed by atoms with Crippen molar-refractivity contribution in [3.8, 4) is 5.75 Å². The molecule has 1 N–H and O–H groups in total. The summed E-state index contributed by atoms with van der Waals surface area (Å²) in [4.78, 5) is 25.1. The molecule has 1 heterocycles. The van der Waals surface area contributed by atoms with Crippen molar-refractivity contribution < 1.29 is 18.7 Å². The molecule has 1 unspecified atom stereocenters. The third kappa shape index (κ3) is 4.13. The van der Waals surface area contributed by atoms with E-state index in [0.29, 0.717) is 24.4 Å². The first-order chi connectivity index (χ1) is 10.5. The molecule has 22 heavy (non-hydrogen) atoms. The van der Waals surface area contributed by atoms with Crippen LogP contribution in [0.1, 0.15) is 24.9 Å². The van der Waals surface area contributed by atoms with Crippen molar-refractivity contribution in [2.45, 2.75) is 19.4 Å². The maximum Gasteiger partial charge on any atom is 0.281 e. The van der Waals surface area contributed by atoms with Gasteiger partial charge in [0.1, 0.15) is 11.6 Å². The molecule has 1 aromatic rings. The molecule has 120 valence electrons. The van der Waals surface area contributed by atoms with E-state index >= 15 is 0 Å². The summed E-state index contributed by atoms with van der Waals surface area (Å²) >= 11 is 1.27. The minimum absolute atomic E-state index is 0.0210.